The predicted molar refractivity (Wildman–Crippen MR) is 70.1 cm³/mol. The van der Waals surface area contributed by atoms with Gasteiger partial charge in [0, 0.05) is 11.9 Å². The smallest absolute Gasteiger partial charge is 0.142 e. The molecule has 0 bridgehead atoms. The Hall–Kier alpha value is -1.74. The van der Waals surface area contributed by atoms with Crippen LogP contribution in [0.4, 0.5) is 11.4 Å². The lowest BCUT2D eigenvalue weighted by molar-refractivity contribution is 0.342. The fraction of sp³-hybridized carbons (Fsp3) is 0.154. The summed E-state index contributed by atoms with van der Waals surface area (Å²) in [5, 5.41) is 3.71. The molecule has 1 N–H and O–H groups in total. The predicted octanol–water partition coefficient (Wildman–Crippen LogP) is 3.88. The van der Waals surface area contributed by atoms with E-state index in [4.69, 9.17) is 16.3 Å². The molecule has 0 fully saturated rings. The van der Waals surface area contributed by atoms with E-state index in [0.29, 0.717) is 11.8 Å². The summed E-state index contributed by atoms with van der Waals surface area (Å²) in [6, 6.07) is 11.4. The van der Waals surface area contributed by atoms with Gasteiger partial charge in [0.2, 0.25) is 0 Å². The summed E-state index contributed by atoms with van der Waals surface area (Å²) >= 11 is 5.83. The Morgan fingerprint density at radius 1 is 1.29 bits per heavy atom. The fourth-order valence-electron chi connectivity index (χ4n) is 1.49. The van der Waals surface area contributed by atoms with Gasteiger partial charge in [0.1, 0.15) is 10.9 Å². The fourth-order valence-corrected chi connectivity index (χ4v) is 1.66. The summed E-state index contributed by atoms with van der Waals surface area (Å²) in [4.78, 5) is 3.93. The maximum absolute atomic E-state index is 5.83. The van der Waals surface area contributed by atoms with Gasteiger partial charge < -0.3 is 10.1 Å². The first kappa shape index (κ1) is 11.7. The largest absolute Gasteiger partial charge is 0.492 e. The van der Waals surface area contributed by atoms with Crippen LogP contribution in [0.2, 0.25) is 5.15 Å². The van der Waals surface area contributed by atoms with Crippen LogP contribution in [-0.2, 0) is 0 Å². The second kappa shape index (κ2) is 5.55. The summed E-state index contributed by atoms with van der Waals surface area (Å²) < 4.78 is 5.53. The highest BCUT2D eigenvalue weighted by atomic mass is 35.5. The van der Waals surface area contributed by atoms with Gasteiger partial charge in [-0.25, -0.2) is 4.98 Å². The van der Waals surface area contributed by atoms with Gasteiger partial charge in [-0.2, -0.15) is 0 Å². The third-order valence-electron chi connectivity index (χ3n) is 2.19. The number of hydrogen-bond donors (Lipinski definition) is 1. The summed E-state index contributed by atoms with van der Waals surface area (Å²) in [5.74, 6) is 0.822. The molecule has 1 heterocycles. The number of hydrogen-bond acceptors (Lipinski definition) is 3. The van der Waals surface area contributed by atoms with Gasteiger partial charge in [-0.3, -0.25) is 0 Å². The van der Waals surface area contributed by atoms with Crippen LogP contribution >= 0.6 is 11.6 Å². The molecule has 0 aliphatic rings. The number of pyridine rings is 1. The molecule has 3 nitrogen and oxygen atoms in total. The van der Waals surface area contributed by atoms with E-state index in [1.807, 2.05) is 37.3 Å². The molecule has 88 valence electrons. The SMILES string of the molecule is CCOc1ccccc1Nc1ccnc(Cl)c1. The average Bonchev–Trinajstić information content (AvgIpc) is 2.32. The first-order chi connectivity index (χ1) is 8.29. The number of halogens is 1. The van der Waals surface area contributed by atoms with Crippen LogP contribution in [0.25, 0.3) is 0 Å². The minimum Gasteiger partial charge on any atom is -0.492 e. The molecule has 0 aliphatic heterocycles. The van der Waals surface area contributed by atoms with Crippen molar-refractivity contribution in [3.63, 3.8) is 0 Å². The molecular weight excluding hydrogens is 236 g/mol. The van der Waals surface area contributed by atoms with Gasteiger partial charge in [0.25, 0.3) is 0 Å². The molecule has 1 aromatic heterocycles. The minimum atomic E-state index is 0.462. The van der Waals surface area contributed by atoms with Crippen molar-refractivity contribution in [1.82, 2.24) is 4.98 Å². The molecule has 0 saturated carbocycles. The molecule has 0 atom stereocenters. The minimum absolute atomic E-state index is 0.462. The first-order valence-electron chi connectivity index (χ1n) is 5.40. The van der Waals surface area contributed by atoms with Gasteiger partial charge in [-0.05, 0) is 31.2 Å². The Morgan fingerprint density at radius 3 is 2.88 bits per heavy atom. The lowest BCUT2D eigenvalue weighted by Crippen LogP contribution is -1.97. The molecule has 2 aromatic rings. The Labute approximate surface area is 105 Å². The Kier molecular flexibility index (Phi) is 3.83. The maximum atomic E-state index is 5.83. The van der Waals surface area contributed by atoms with E-state index in [-0.39, 0.29) is 0 Å². The van der Waals surface area contributed by atoms with Crippen molar-refractivity contribution in [3.8, 4) is 5.75 Å². The van der Waals surface area contributed by atoms with Crippen LogP contribution in [0, 0.1) is 0 Å². The van der Waals surface area contributed by atoms with Crippen molar-refractivity contribution >= 4 is 23.0 Å². The summed E-state index contributed by atoms with van der Waals surface area (Å²) in [6.07, 6.45) is 1.66. The van der Waals surface area contributed by atoms with Crippen molar-refractivity contribution < 1.29 is 4.74 Å². The van der Waals surface area contributed by atoms with Crippen LogP contribution in [0.1, 0.15) is 6.92 Å². The lowest BCUT2D eigenvalue weighted by atomic mass is 10.2. The molecule has 0 saturated heterocycles. The topological polar surface area (TPSA) is 34.1 Å². The quantitative estimate of drug-likeness (QED) is 0.834. The number of rotatable bonds is 4. The van der Waals surface area contributed by atoms with E-state index in [2.05, 4.69) is 10.3 Å². The van der Waals surface area contributed by atoms with Crippen molar-refractivity contribution in [3.05, 3.63) is 47.7 Å². The van der Waals surface area contributed by atoms with Gasteiger partial charge in [-0.15, -0.1) is 0 Å². The third kappa shape index (κ3) is 3.11. The number of nitrogens with zero attached hydrogens (tertiary/aromatic N) is 1. The lowest BCUT2D eigenvalue weighted by Gasteiger charge is -2.12. The van der Waals surface area contributed by atoms with E-state index in [0.717, 1.165) is 17.1 Å². The van der Waals surface area contributed by atoms with Crippen molar-refractivity contribution in [2.24, 2.45) is 0 Å². The highest BCUT2D eigenvalue weighted by Gasteiger charge is 2.02. The van der Waals surface area contributed by atoms with Crippen molar-refractivity contribution in [1.29, 1.82) is 0 Å². The average molecular weight is 249 g/mol. The van der Waals surface area contributed by atoms with E-state index in [1.165, 1.54) is 0 Å². The summed E-state index contributed by atoms with van der Waals surface area (Å²) in [6.45, 7) is 2.59. The van der Waals surface area contributed by atoms with E-state index in [9.17, 15) is 0 Å². The molecule has 0 unspecified atom stereocenters. The molecule has 0 radical (unpaired) electrons. The number of benzene rings is 1. The van der Waals surface area contributed by atoms with Crippen LogP contribution in [0.15, 0.2) is 42.6 Å². The molecule has 2 rings (SSSR count). The second-order valence-electron chi connectivity index (χ2n) is 3.42. The highest BCUT2D eigenvalue weighted by Crippen LogP contribution is 2.27. The normalized spacial score (nSPS) is 10.0. The van der Waals surface area contributed by atoms with E-state index >= 15 is 0 Å². The highest BCUT2D eigenvalue weighted by molar-refractivity contribution is 6.29. The number of ether oxygens (including phenoxy) is 1. The van der Waals surface area contributed by atoms with Crippen LogP contribution in [0.5, 0.6) is 5.75 Å². The van der Waals surface area contributed by atoms with Gasteiger partial charge in [0.15, 0.2) is 0 Å². The zero-order valence-corrected chi connectivity index (χ0v) is 10.2. The number of para-hydroxylation sites is 2. The first-order valence-corrected chi connectivity index (χ1v) is 5.78. The number of aromatic nitrogens is 1. The van der Waals surface area contributed by atoms with Crippen LogP contribution in [0.3, 0.4) is 0 Å². The molecular formula is C13H13ClN2O. The molecule has 1 aromatic carbocycles. The van der Waals surface area contributed by atoms with Crippen LogP contribution < -0.4 is 10.1 Å². The zero-order valence-electron chi connectivity index (χ0n) is 9.48. The Balaban J connectivity index is 2.23. The molecule has 0 amide bonds. The number of anilines is 2. The van der Waals surface area contributed by atoms with Crippen molar-refractivity contribution in [2.45, 2.75) is 6.92 Å². The Morgan fingerprint density at radius 2 is 2.12 bits per heavy atom. The maximum Gasteiger partial charge on any atom is 0.142 e. The monoisotopic (exact) mass is 248 g/mol. The molecule has 17 heavy (non-hydrogen) atoms. The van der Waals surface area contributed by atoms with Gasteiger partial charge in [0.05, 0.1) is 12.3 Å². The van der Waals surface area contributed by atoms with Crippen molar-refractivity contribution in [2.75, 3.05) is 11.9 Å². The van der Waals surface area contributed by atoms with Crippen LogP contribution in [-0.4, -0.2) is 11.6 Å². The summed E-state index contributed by atoms with van der Waals surface area (Å²) in [7, 11) is 0. The van der Waals surface area contributed by atoms with Gasteiger partial charge in [-0.1, -0.05) is 23.7 Å². The second-order valence-corrected chi connectivity index (χ2v) is 3.81. The number of nitrogens with one attached hydrogen (secondary N) is 1. The summed E-state index contributed by atoms with van der Waals surface area (Å²) in [5.41, 5.74) is 1.80. The molecule has 0 spiro atoms. The van der Waals surface area contributed by atoms with E-state index in [1.54, 1.807) is 12.3 Å². The van der Waals surface area contributed by atoms with E-state index < -0.39 is 0 Å². The van der Waals surface area contributed by atoms with Gasteiger partial charge >= 0.3 is 0 Å². The third-order valence-corrected chi connectivity index (χ3v) is 2.40. The molecule has 4 heteroatoms. The molecule has 0 aliphatic carbocycles. The standard InChI is InChI=1S/C13H13ClN2O/c1-2-17-12-6-4-3-5-11(12)16-10-7-8-15-13(14)9-10/h3-9H,2H2,1H3,(H,15,16). The Bertz CT molecular complexity index is 502. The zero-order chi connectivity index (χ0) is 12.1.